The van der Waals surface area contributed by atoms with Crippen LogP contribution in [0, 0.1) is 0 Å². The monoisotopic (exact) mass is 306 g/mol. The topological polar surface area (TPSA) is 71.4 Å². The van der Waals surface area contributed by atoms with E-state index in [-0.39, 0.29) is 5.56 Å². The molecule has 1 aromatic rings. The molecule has 1 atom stereocenters. The van der Waals surface area contributed by atoms with E-state index in [9.17, 15) is 13.2 Å². The second kappa shape index (κ2) is 4.97. The van der Waals surface area contributed by atoms with Crippen molar-refractivity contribution in [1.82, 2.24) is 0 Å². The van der Waals surface area contributed by atoms with Crippen LogP contribution >= 0.6 is 15.9 Å². The lowest BCUT2D eigenvalue weighted by Crippen LogP contribution is -2.15. The maximum Gasteiger partial charge on any atom is 0.335 e. The summed E-state index contributed by atoms with van der Waals surface area (Å²) in [5.41, 5.74) is 0.964. The summed E-state index contributed by atoms with van der Waals surface area (Å²) >= 11 is 3.08. The number of hydrogen-bond acceptors (Lipinski definition) is 3. The Labute approximate surface area is 102 Å². The Bertz CT molecular complexity index is 478. The van der Waals surface area contributed by atoms with E-state index in [2.05, 4.69) is 15.9 Å². The molecule has 0 heterocycles. The first-order valence-electron chi connectivity index (χ1n) is 4.46. The number of rotatable bonds is 4. The predicted molar refractivity (Wildman–Crippen MR) is 64.7 cm³/mol. The molecular formula is C10H11BrO4S. The Balaban J connectivity index is 2.81. The Morgan fingerprint density at radius 2 is 1.88 bits per heavy atom. The fourth-order valence-electron chi connectivity index (χ4n) is 1.12. The molecule has 0 fully saturated rings. The van der Waals surface area contributed by atoms with Crippen molar-refractivity contribution in [2.75, 3.05) is 6.26 Å². The van der Waals surface area contributed by atoms with Crippen molar-refractivity contribution in [2.45, 2.75) is 10.6 Å². The molecule has 4 nitrogen and oxygen atoms in total. The van der Waals surface area contributed by atoms with Crippen molar-refractivity contribution in [2.24, 2.45) is 0 Å². The van der Waals surface area contributed by atoms with Gasteiger partial charge in [0.2, 0.25) is 0 Å². The summed E-state index contributed by atoms with van der Waals surface area (Å²) in [5, 5.41) is 8.68. The first-order valence-corrected chi connectivity index (χ1v) is 7.33. The van der Waals surface area contributed by atoms with Crippen LogP contribution in [0.4, 0.5) is 0 Å². The van der Waals surface area contributed by atoms with Gasteiger partial charge in [-0.1, -0.05) is 28.1 Å². The average Bonchev–Trinajstić information content (AvgIpc) is 2.17. The molecule has 0 aliphatic rings. The fourth-order valence-corrected chi connectivity index (χ4v) is 1.99. The molecule has 6 heteroatoms. The van der Waals surface area contributed by atoms with Gasteiger partial charge in [0, 0.05) is 6.26 Å². The molecule has 88 valence electrons. The normalized spacial score (nSPS) is 13.4. The van der Waals surface area contributed by atoms with Crippen molar-refractivity contribution < 1.29 is 18.3 Å². The summed E-state index contributed by atoms with van der Waals surface area (Å²) in [5.74, 6) is -0.995. The summed E-state index contributed by atoms with van der Waals surface area (Å²) in [6.07, 6.45) is 1.47. The predicted octanol–water partition coefficient (Wildman–Crippen LogP) is 1.69. The molecule has 0 aliphatic heterocycles. The van der Waals surface area contributed by atoms with Crippen molar-refractivity contribution in [1.29, 1.82) is 0 Å². The van der Waals surface area contributed by atoms with E-state index in [0.717, 1.165) is 11.8 Å². The molecule has 0 saturated carbocycles. The van der Waals surface area contributed by atoms with Gasteiger partial charge in [0.15, 0.2) is 9.84 Å². The summed E-state index contributed by atoms with van der Waals surface area (Å²) < 4.78 is 21.7. The van der Waals surface area contributed by atoms with Crippen LogP contribution in [0.2, 0.25) is 0 Å². The lowest BCUT2D eigenvalue weighted by molar-refractivity contribution is 0.0697. The van der Waals surface area contributed by atoms with Gasteiger partial charge in [0.05, 0.1) is 5.56 Å². The number of sulfone groups is 1. The van der Waals surface area contributed by atoms with E-state index in [1.54, 1.807) is 12.1 Å². The number of hydrogen-bond donors (Lipinski definition) is 1. The number of carboxylic acids is 1. The average molecular weight is 307 g/mol. The summed E-state index contributed by atoms with van der Waals surface area (Å²) in [6, 6.07) is 6.14. The highest BCUT2D eigenvalue weighted by Gasteiger charge is 2.17. The Morgan fingerprint density at radius 3 is 2.25 bits per heavy atom. The second-order valence-corrected chi connectivity index (χ2v) is 7.39. The first kappa shape index (κ1) is 13.2. The minimum absolute atomic E-state index is 0.189. The van der Waals surface area contributed by atoms with Crippen LogP contribution in [0.1, 0.15) is 15.9 Å². The number of carbonyl (C=O) groups is 1. The largest absolute Gasteiger partial charge is 0.478 e. The molecular weight excluding hydrogens is 296 g/mol. The molecule has 0 radical (unpaired) electrons. The molecule has 1 N–H and O–H groups in total. The SMILES string of the molecule is CS(=O)(=O)C(Br)Cc1ccc(C(=O)O)cc1. The minimum atomic E-state index is -3.13. The van der Waals surface area contributed by atoms with Gasteiger partial charge in [-0.05, 0) is 24.1 Å². The van der Waals surface area contributed by atoms with Gasteiger partial charge in [0.1, 0.15) is 4.16 Å². The number of alkyl halides is 1. The highest BCUT2D eigenvalue weighted by Crippen LogP contribution is 2.15. The molecule has 0 amide bonds. The molecule has 0 aliphatic carbocycles. The van der Waals surface area contributed by atoms with Crippen molar-refractivity contribution in [3.05, 3.63) is 35.4 Å². The Kier molecular flexibility index (Phi) is 4.09. The number of aromatic carboxylic acids is 1. The van der Waals surface area contributed by atoms with E-state index in [1.807, 2.05) is 0 Å². The quantitative estimate of drug-likeness (QED) is 0.859. The molecule has 16 heavy (non-hydrogen) atoms. The molecule has 0 aromatic heterocycles. The summed E-state index contributed by atoms with van der Waals surface area (Å²) in [4.78, 5) is 10.6. The van der Waals surface area contributed by atoms with E-state index in [4.69, 9.17) is 5.11 Å². The lowest BCUT2D eigenvalue weighted by Gasteiger charge is -2.07. The van der Waals surface area contributed by atoms with E-state index >= 15 is 0 Å². The highest BCUT2D eigenvalue weighted by atomic mass is 79.9. The zero-order valence-corrected chi connectivity index (χ0v) is 11.0. The zero-order chi connectivity index (χ0) is 12.3. The molecule has 1 aromatic carbocycles. The maximum atomic E-state index is 11.2. The Morgan fingerprint density at radius 1 is 1.38 bits per heavy atom. The summed E-state index contributed by atoms with van der Waals surface area (Å²) in [6.45, 7) is 0. The number of halogens is 1. The number of benzene rings is 1. The standard InChI is InChI=1S/C10H11BrO4S/c1-16(14,15)9(11)6-7-2-4-8(5-3-7)10(12)13/h2-5,9H,6H2,1H3,(H,12,13). The minimum Gasteiger partial charge on any atom is -0.478 e. The molecule has 0 saturated heterocycles. The first-order chi connectivity index (χ1) is 7.30. The van der Waals surface area contributed by atoms with Gasteiger partial charge < -0.3 is 5.11 Å². The zero-order valence-electron chi connectivity index (χ0n) is 8.55. The van der Waals surface area contributed by atoms with Gasteiger partial charge in [-0.25, -0.2) is 13.2 Å². The van der Waals surface area contributed by atoms with E-state index in [1.165, 1.54) is 12.1 Å². The summed E-state index contributed by atoms with van der Waals surface area (Å²) in [7, 11) is -3.13. The lowest BCUT2D eigenvalue weighted by atomic mass is 10.1. The fraction of sp³-hybridized carbons (Fsp3) is 0.300. The van der Waals surface area contributed by atoms with Crippen LogP contribution in [0.25, 0.3) is 0 Å². The van der Waals surface area contributed by atoms with Gasteiger partial charge in [-0.15, -0.1) is 0 Å². The molecule has 0 spiro atoms. The van der Waals surface area contributed by atoms with E-state index in [0.29, 0.717) is 6.42 Å². The van der Waals surface area contributed by atoms with Crippen molar-refractivity contribution in [3.8, 4) is 0 Å². The van der Waals surface area contributed by atoms with Gasteiger partial charge in [0.25, 0.3) is 0 Å². The molecule has 1 rings (SSSR count). The Hall–Kier alpha value is -0.880. The molecule has 1 unspecified atom stereocenters. The molecule has 0 bridgehead atoms. The number of carboxylic acid groups (broad SMARTS) is 1. The van der Waals surface area contributed by atoms with Crippen molar-refractivity contribution in [3.63, 3.8) is 0 Å². The third-order valence-electron chi connectivity index (χ3n) is 2.06. The van der Waals surface area contributed by atoms with Crippen LogP contribution in [-0.2, 0) is 16.3 Å². The van der Waals surface area contributed by atoms with Crippen LogP contribution < -0.4 is 0 Å². The van der Waals surface area contributed by atoms with Crippen LogP contribution in [-0.4, -0.2) is 29.9 Å². The van der Waals surface area contributed by atoms with Crippen molar-refractivity contribution >= 4 is 31.7 Å². The second-order valence-electron chi connectivity index (χ2n) is 3.45. The smallest absolute Gasteiger partial charge is 0.335 e. The van der Waals surface area contributed by atoms with Gasteiger partial charge >= 0.3 is 5.97 Å². The van der Waals surface area contributed by atoms with Gasteiger partial charge in [-0.3, -0.25) is 0 Å². The maximum absolute atomic E-state index is 11.2. The third kappa shape index (κ3) is 3.61. The van der Waals surface area contributed by atoms with Crippen LogP contribution in [0.3, 0.4) is 0 Å². The van der Waals surface area contributed by atoms with Gasteiger partial charge in [-0.2, -0.15) is 0 Å². The van der Waals surface area contributed by atoms with Crippen LogP contribution in [0.5, 0.6) is 0 Å². The van der Waals surface area contributed by atoms with Crippen LogP contribution in [0.15, 0.2) is 24.3 Å². The highest BCUT2D eigenvalue weighted by molar-refractivity contribution is 9.11. The third-order valence-corrected chi connectivity index (χ3v) is 5.52. The van der Waals surface area contributed by atoms with E-state index < -0.39 is 20.0 Å².